The molecule has 0 radical (unpaired) electrons. The van der Waals surface area contributed by atoms with Crippen LogP contribution in [0.1, 0.15) is 41.4 Å². The fourth-order valence-corrected chi connectivity index (χ4v) is 2.61. The average molecular weight is 336 g/mol. The Morgan fingerprint density at radius 1 is 1.35 bits per heavy atom. The third kappa shape index (κ3) is 4.33. The minimum Gasteiger partial charge on any atom is -0.391 e. The molecule has 2 N–H and O–H groups in total. The van der Waals surface area contributed by atoms with Crippen LogP contribution in [0.5, 0.6) is 0 Å². The highest BCUT2D eigenvalue weighted by atomic mass is 35.5. The van der Waals surface area contributed by atoms with Crippen LogP contribution < -0.4 is 5.32 Å². The number of halogens is 1. The lowest BCUT2D eigenvalue weighted by Crippen LogP contribution is -2.33. The Balaban J connectivity index is 2.00. The zero-order valence-electron chi connectivity index (χ0n) is 13.6. The minimum atomic E-state index is -0.653. The maximum absolute atomic E-state index is 12.4. The fourth-order valence-electron chi connectivity index (χ4n) is 2.39. The number of aliphatic hydroxyl groups excluding tert-OH is 1. The molecule has 0 spiro atoms. The van der Waals surface area contributed by atoms with Crippen molar-refractivity contribution in [3.63, 3.8) is 0 Å². The number of aryl methyl sites for hydroxylation is 1. The van der Waals surface area contributed by atoms with Gasteiger partial charge in [0.05, 0.1) is 17.4 Å². The van der Waals surface area contributed by atoms with E-state index in [4.69, 9.17) is 11.6 Å². The summed E-state index contributed by atoms with van der Waals surface area (Å²) in [6.45, 7) is 4.08. The second-order valence-corrected chi connectivity index (χ2v) is 6.24. The highest BCUT2D eigenvalue weighted by Crippen LogP contribution is 2.25. The van der Waals surface area contributed by atoms with Gasteiger partial charge >= 0.3 is 0 Å². The van der Waals surface area contributed by atoms with Gasteiger partial charge in [-0.3, -0.25) is 9.48 Å². The molecule has 1 heterocycles. The van der Waals surface area contributed by atoms with E-state index in [0.29, 0.717) is 22.8 Å². The summed E-state index contributed by atoms with van der Waals surface area (Å²) in [5, 5.41) is 17.4. The molecule has 0 saturated heterocycles. The Hall–Kier alpha value is -1.85. The lowest BCUT2D eigenvalue weighted by molar-refractivity contribution is 0.0914. The summed E-state index contributed by atoms with van der Waals surface area (Å²) >= 11 is 6.18. The number of rotatable bonds is 6. The maximum Gasteiger partial charge on any atom is 0.256 e. The molecule has 0 aliphatic heterocycles. The number of carbonyl (C=O) groups is 1. The van der Waals surface area contributed by atoms with Crippen LogP contribution in [0.4, 0.5) is 0 Å². The van der Waals surface area contributed by atoms with E-state index in [1.54, 1.807) is 7.05 Å². The van der Waals surface area contributed by atoms with Gasteiger partial charge < -0.3 is 10.4 Å². The first kappa shape index (κ1) is 17.5. The standard InChI is InChI=1S/C17H22ClN3O2/c1-11(2)15-14(16(18)21(3)20-15)17(23)19-10-13(22)9-12-7-5-4-6-8-12/h4-8,11,13,22H,9-10H2,1-3H3,(H,19,23). The molecule has 0 aliphatic rings. The second kappa shape index (κ2) is 7.62. The zero-order chi connectivity index (χ0) is 17.0. The predicted molar refractivity (Wildman–Crippen MR) is 90.8 cm³/mol. The van der Waals surface area contributed by atoms with Gasteiger partial charge in [0, 0.05) is 20.0 Å². The van der Waals surface area contributed by atoms with Gasteiger partial charge in [-0.15, -0.1) is 0 Å². The first-order chi connectivity index (χ1) is 10.9. The Bertz CT molecular complexity index is 668. The number of amides is 1. The molecule has 23 heavy (non-hydrogen) atoms. The van der Waals surface area contributed by atoms with Crippen molar-refractivity contribution in [2.45, 2.75) is 32.3 Å². The summed E-state index contributed by atoms with van der Waals surface area (Å²) in [5.41, 5.74) is 2.07. The van der Waals surface area contributed by atoms with E-state index in [9.17, 15) is 9.90 Å². The monoisotopic (exact) mass is 335 g/mol. The molecule has 1 atom stereocenters. The predicted octanol–water partition coefficient (Wildman–Crippen LogP) is 2.53. The van der Waals surface area contributed by atoms with Gasteiger partial charge in [-0.05, 0) is 11.5 Å². The molecular weight excluding hydrogens is 314 g/mol. The molecule has 2 aromatic rings. The highest BCUT2D eigenvalue weighted by Gasteiger charge is 2.23. The molecule has 124 valence electrons. The number of carbonyl (C=O) groups excluding carboxylic acids is 1. The van der Waals surface area contributed by atoms with E-state index in [-0.39, 0.29) is 18.4 Å². The van der Waals surface area contributed by atoms with Crippen LogP contribution in [0, 0.1) is 0 Å². The van der Waals surface area contributed by atoms with Crippen molar-refractivity contribution in [3.05, 3.63) is 52.3 Å². The topological polar surface area (TPSA) is 67.2 Å². The largest absolute Gasteiger partial charge is 0.391 e. The number of nitrogens with one attached hydrogen (secondary N) is 1. The molecule has 0 aliphatic carbocycles. The number of aromatic nitrogens is 2. The number of benzene rings is 1. The number of aliphatic hydroxyl groups is 1. The van der Waals surface area contributed by atoms with Crippen LogP contribution in [-0.4, -0.2) is 33.4 Å². The molecule has 5 nitrogen and oxygen atoms in total. The Labute approximate surface area is 141 Å². The Morgan fingerprint density at radius 2 is 2.00 bits per heavy atom. The van der Waals surface area contributed by atoms with Crippen LogP contribution in [0.2, 0.25) is 5.15 Å². The van der Waals surface area contributed by atoms with E-state index in [0.717, 1.165) is 5.56 Å². The molecular formula is C17H22ClN3O2. The minimum absolute atomic E-state index is 0.0868. The summed E-state index contributed by atoms with van der Waals surface area (Å²) in [6, 6.07) is 9.66. The molecule has 0 fully saturated rings. The first-order valence-corrected chi connectivity index (χ1v) is 8.00. The fraction of sp³-hybridized carbons (Fsp3) is 0.412. The Kier molecular flexibility index (Phi) is 5.80. The van der Waals surface area contributed by atoms with Gasteiger partial charge in [0.15, 0.2) is 0 Å². The lowest BCUT2D eigenvalue weighted by atomic mass is 10.1. The van der Waals surface area contributed by atoms with E-state index in [1.807, 2.05) is 44.2 Å². The van der Waals surface area contributed by atoms with E-state index >= 15 is 0 Å². The van der Waals surface area contributed by atoms with Crippen molar-refractivity contribution in [2.75, 3.05) is 6.54 Å². The SMILES string of the molecule is CC(C)c1nn(C)c(Cl)c1C(=O)NCC(O)Cc1ccccc1. The van der Waals surface area contributed by atoms with Crippen molar-refractivity contribution in [1.29, 1.82) is 0 Å². The van der Waals surface area contributed by atoms with Crippen LogP contribution >= 0.6 is 11.6 Å². The van der Waals surface area contributed by atoms with Crippen LogP contribution in [0.25, 0.3) is 0 Å². The summed E-state index contributed by atoms with van der Waals surface area (Å²) in [4.78, 5) is 12.4. The molecule has 1 unspecified atom stereocenters. The molecule has 1 amide bonds. The van der Waals surface area contributed by atoms with Crippen molar-refractivity contribution in [1.82, 2.24) is 15.1 Å². The van der Waals surface area contributed by atoms with Gasteiger partial charge in [0.1, 0.15) is 5.15 Å². The average Bonchev–Trinajstić information content (AvgIpc) is 2.82. The normalized spacial score (nSPS) is 12.4. The highest BCUT2D eigenvalue weighted by molar-refractivity contribution is 6.33. The first-order valence-electron chi connectivity index (χ1n) is 7.62. The van der Waals surface area contributed by atoms with Gasteiger partial charge in [0.2, 0.25) is 0 Å². The van der Waals surface area contributed by atoms with E-state index in [1.165, 1.54) is 4.68 Å². The third-order valence-electron chi connectivity index (χ3n) is 3.59. The lowest BCUT2D eigenvalue weighted by Gasteiger charge is -2.12. The van der Waals surface area contributed by atoms with E-state index in [2.05, 4.69) is 10.4 Å². The molecule has 1 aromatic carbocycles. The number of nitrogens with zero attached hydrogens (tertiary/aromatic N) is 2. The smallest absolute Gasteiger partial charge is 0.256 e. The van der Waals surface area contributed by atoms with Crippen molar-refractivity contribution >= 4 is 17.5 Å². The van der Waals surface area contributed by atoms with Crippen LogP contribution in [0.3, 0.4) is 0 Å². The summed E-state index contributed by atoms with van der Waals surface area (Å²) in [7, 11) is 1.70. The Morgan fingerprint density at radius 3 is 2.61 bits per heavy atom. The molecule has 6 heteroatoms. The summed E-state index contributed by atoms with van der Waals surface area (Å²) < 4.78 is 1.49. The zero-order valence-corrected chi connectivity index (χ0v) is 14.3. The maximum atomic E-state index is 12.4. The van der Waals surface area contributed by atoms with Gasteiger partial charge in [0.25, 0.3) is 5.91 Å². The van der Waals surface area contributed by atoms with Crippen molar-refractivity contribution in [3.8, 4) is 0 Å². The van der Waals surface area contributed by atoms with Crippen molar-refractivity contribution in [2.24, 2.45) is 7.05 Å². The molecule has 0 bridgehead atoms. The second-order valence-electron chi connectivity index (χ2n) is 5.88. The van der Waals surface area contributed by atoms with Crippen LogP contribution in [-0.2, 0) is 13.5 Å². The van der Waals surface area contributed by atoms with E-state index < -0.39 is 6.10 Å². The van der Waals surface area contributed by atoms with Crippen LogP contribution in [0.15, 0.2) is 30.3 Å². The quantitative estimate of drug-likeness (QED) is 0.852. The number of hydrogen-bond acceptors (Lipinski definition) is 3. The summed E-state index contributed by atoms with van der Waals surface area (Å²) in [5.74, 6) is -0.220. The number of hydrogen-bond donors (Lipinski definition) is 2. The van der Waals surface area contributed by atoms with Crippen molar-refractivity contribution < 1.29 is 9.90 Å². The molecule has 0 saturated carbocycles. The molecule has 2 rings (SSSR count). The van der Waals surface area contributed by atoms with Gasteiger partial charge in [-0.25, -0.2) is 0 Å². The van der Waals surface area contributed by atoms with Gasteiger partial charge in [-0.2, -0.15) is 5.10 Å². The molecule has 1 aromatic heterocycles. The third-order valence-corrected chi connectivity index (χ3v) is 4.02. The summed E-state index contributed by atoms with van der Waals surface area (Å²) in [6.07, 6.45) is -0.168. The van der Waals surface area contributed by atoms with Gasteiger partial charge in [-0.1, -0.05) is 55.8 Å².